The SMILES string of the molecule is CC(CCC(O)C(C)(C)O)C1CC[C@@]2(C)C3=C(CC[C@]12C)[C@@]1(C)CCC(=O)C(C)(C)[C@@H]1CC3. The summed E-state index contributed by atoms with van der Waals surface area (Å²) in [5, 5.41) is 20.6. The molecule has 7 atom stereocenters. The maximum absolute atomic E-state index is 12.8. The number of rotatable bonds is 5. The molecule has 4 rings (SSSR count). The van der Waals surface area contributed by atoms with Gasteiger partial charge in [-0.1, -0.05) is 52.7 Å². The molecular weight excluding hydrogens is 408 g/mol. The average molecular weight is 459 g/mol. The first kappa shape index (κ1) is 25.4. The summed E-state index contributed by atoms with van der Waals surface area (Å²) in [5.74, 6) is 2.18. The predicted molar refractivity (Wildman–Crippen MR) is 135 cm³/mol. The van der Waals surface area contributed by atoms with Gasteiger partial charge in [-0.25, -0.2) is 0 Å². The van der Waals surface area contributed by atoms with Crippen LogP contribution in [0.2, 0.25) is 0 Å². The summed E-state index contributed by atoms with van der Waals surface area (Å²) in [6.07, 6.45) is 10.1. The number of allylic oxidation sites excluding steroid dienone is 2. The molecule has 0 radical (unpaired) electrons. The minimum Gasteiger partial charge on any atom is -0.390 e. The van der Waals surface area contributed by atoms with Crippen molar-refractivity contribution >= 4 is 5.78 Å². The van der Waals surface area contributed by atoms with Gasteiger partial charge in [-0.05, 0) is 106 Å². The van der Waals surface area contributed by atoms with Crippen LogP contribution < -0.4 is 0 Å². The van der Waals surface area contributed by atoms with Crippen LogP contribution in [0, 0.1) is 39.4 Å². The highest BCUT2D eigenvalue weighted by Gasteiger charge is 2.63. The molecule has 3 nitrogen and oxygen atoms in total. The van der Waals surface area contributed by atoms with Gasteiger partial charge in [0.25, 0.3) is 0 Å². The van der Waals surface area contributed by atoms with Crippen LogP contribution in [0.4, 0.5) is 0 Å². The predicted octanol–water partition coefficient (Wildman–Crippen LogP) is 6.85. The number of aliphatic hydroxyl groups excluding tert-OH is 1. The molecule has 0 aromatic heterocycles. The molecule has 2 N–H and O–H groups in total. The summed E-state index contributed by atoms with van der Waals surface area (Å²) in [6.45, 7) is 17.9. The smallest absolute Gasteiger partial charge is 0.138 e. The Bertz CT molecular complexity index is 832. The fourth-order valence-corrected chi connectivity index (χ4v) is 9.42. The highest BCUT2D eigenvalue weighted by Crippen LogP contribution is 2.72. The molecule has 0 saturated heterocycles. The minimum atomic E-state index is -1.03. The molecule has 4 aliphatic rings. The number of aliphatic hydroxyl groups is 2. The summed E-state index contributed by atoms with van der Waals surface area (Å²) in [6, 6.07) is 0. The van der Waals surface area contributed by atoms with Crippen molar-refractivity contribution in [2.45, 2.75) is 131 Å². The van der Waals surface area contributed by atoms with Crippen molar-refractivity contribution in [3.05, 3.63) is 11.1 Å². The van der Waals surface area contributed by atoms with Crippen LogP contribution in [-0.2, 0) is 4.79 Å². The van der Waals surface area contributed by atoms with E-state index < -0.39 is 11.7 Å². The number of carbonyl (C=O) groups excluding carboxylic acids is 1. The van der Waals surface area contributed by atoms with E-state index in [2.05, 4.69) is 41.5 Å². The lowest BCUT2D eigenvalue weighted by Gasteiger charge is -2.61. The fraction of sp³-hybridized carbons (Fsp3) is 0.900. The standard InChI is InChI=1S/C30H50O3/c1-19(9-12-25(32)27(4,5)33)20-13-17-30(8)22-10-11-23-26(2,3)24(31)15-16-28(23,6)21(22)14-18-29(20,30)7/h19-20,23,25,32-33H,9-18H2,1-8H3/t19?,20?,23-,25?,28+,29+,30-/m0/s1. The zero-order chi connectivity index (χ0) is 24.6. The summed E-state index contributed by atoms with van der Waals surface area (Å²) in [4.78, 5) is 12.8. The van der Waals surface area contributed by atoms with Gasteiger partial charge in [0.2, 0.25) is 0 Å². The highest BCUT2D eigenvalue weighted by atomic mass is 16.3. The number of fused-ring (bicyclic) bond motifs is 4. The second kappa shape index (κ2) is 7.92. The Morgan fingerprint density at radius 2 is 1.61 bits per heavy atom. The van der Waals surface area contributed by atoms with E-state index in [1.165, 1.54) is 32.1 Å². The van der Waals surface area contributed by atoms with Crippen LogP contribution in [0.5, 0.6) is 0 Å². The summed E-state index contributed by atoms with van der Waals surface area (Å²) < 4.78 is 0. The van der Waals surface area contributed by atoms with E-state index in [0.717, 1.165) is 25.7 Å². The number of hydrogen-bond donors (Lipinski definition) is 2. The number of Topliss-reactive ketones (excluding diaryl/α,β-unsaturated/α-hetero) is 1. The number of ketones is 1. The normalized spacial score (nSPS) is 42.4. The summed E-state index contributed by atoms with van der Waals surface area (Å²) in [5.41, 5.74) is 3.04. The molecule has 3 heteroatoms. The minimum absolute atomic E-state index is 0.190. The van der Waals surface area contributed by atoms with Gasteiger partial charge in [0.05, 0.1) is 11.7 Å². The first-order chi connectivity index (χ1) is 15.1. The molecule has 0 spiro atoms. The lowest BCUT2D eigenvalue weighted by molar-refractivity contribution is -0.139. The Hall–Kier alpha value is -0.670. The topological polar surface area (TPSA) is 57.5 Å². The van der Waals surface area contributed by atoms with E-state index in [1.807, 2.05) is 0 Å². The largest absolute Gasteiger partial charge is 0.390 e. The third-order valence-corrected chi connectivity index (χ3v) is 12.0. The Kier molecular flexibility index (Phi) is 6.10. The van der Waals surface area contributed by atoms with Gasteiger partial charge in [0.1, 0.15) is 5.78 Å². The molecule has 3 unspecified atom stereocenters. The maximum atomic E-state index is 12.8. The Labute approximate surface area is 202 Å². The van der Waals surface area contributed by atoms with Gasteiger partial charge in [-0.15, -0.1) is 0 Å². The second-order valence-corrected chi connectivity index (χ2v) is 14.2. The van der Waals surface area contributed by atoms with Crippen LogP contribution in [0.1, 0.15) is 120 Å². The van der Waals surface area contributed by atoms with Gasteiger partial charge in [-0.2, -0.15) is 0 Å². The molecule has 33 heavy (non-hydrogen) atoms. The third kappa shape index (κ3) is 3.62. The monoisotopic (exact) mass is 458 g/mol. The quantitative estimate of drug-likeness (QED) is 0.443. The van der Waals surface area contributed by atoms with Crippen LogP contribution in [0.3, 0.4) is 0 Å². The van der Waals surface area contributed by atoms with E-state index in [9.17, 15) is 15.0 Å². The first-order valence-corrected chi connectivity index (χ1v) is 13.8. The van der Waals surface area contributed by atoms with Crippen molar-refractivity contribution in [3.8, 4) is 0 Å². The van der Waals surface area contributed by atoms with Crippen molar-refractivity contribution in [3.63, 3.8) is 0 Å². The average Bonchev–Trinajstić information content (AvgIpc) is 3.00. The van der Waals surface area contributed by atoms with Gasteiger partial charge in [0.15, 0.2) is 0 Å². The van der Waals surface area contributed by atoms with Gasteiger partial charge >= 0.3 is 0 Å². The van der Waals surface area contributed by atoms with Crippen LogP contribution in [0.25, 0.3) is 0 Å². The maximum Gasteiger partial charge on any atom is 0.138 e. The van der Waals surface area contributed by atoms with Crippen LogP contribution in [-0.4, -0.2) is 27.7 Å². The van der Waals surface area contributed by atoms with Gasteiger partial charge < -0.3 is 10.2 Å². The number of carbonyl (C=O) groups is 1. The lowest BCUT2D eigenvalue weighted by Crippen LogP contribution is -2.53. The first-order valence-electron chi connectivity index (χ1n) is 13.8. The molecule has 0 aromatic carbocycles. The van der Waals surface area contributed by atoms with Crippen molar-refractivity contribution in [1.29, 1.82) is 0 Å². The molecule has 2 fully saturated rings. The van der Waals surface area contributed by atoms with Crippen molar-refractivity contribution in [2.75, 3.05) is 0 Å². The molecule has 4 aliphatic carbocycles. The second-order valence-electron chi connectivity index (χ2n) is 14.2. The molecule has 0 heterocycles. The lowest BCUT2D eigenvalue weighted by atomic mass is 9.43. The van der Waals surface area contributed by atoms with Crippen LogP contribution >= 0.6 is 0 Å². The van der Waals surface area contributed by atoms with Gasteiger partial charge in [0, 0.05) is 11.8 Å². The summed E-state index contributed by atoms with van der Waals surface area (Å²) in [7, 11) is 0. The van der Waals surface area contributed by atoms with E-state index in [1.54, 1.807) is 25.0 Å². The van der Waals surface area contributed by atoms with E-state index >= 15 is 0 Å². The third-order valence-electron chi connectivity index (χ3n) is 12.0. The molecule has 2 saturated carbocycles. The molecule has 0 amide bonds. The Morgan fingerprint density at radius 1 is 0.939 bits per heavy atom. The Balaban J connectivity index is 1.61. The highest BCUT2D eigenvalue weighted by molar-refractivity contribution is 5.85. The van der Waals surface area contributed by atoms with Crippen molar-refractivity contribution < 1.29 is 15.0 Å². The summed E-state index contributed by atoms with van der Waals surface area (Å²) >= 11 is 0. The van der Waals surface area contributed by atoms with E-state index in [-0.39, 0.29) is 16.2 Å². The van der Waals surface area contributed by atoms with Crippen molar-refractivity contribution in [1.82, 2.24) is 0 Å². The number of hydrogen-bond acceptors (Lipinski definition) is 3. The zero-order valence-corrected chi connectivity index (χ0v) is 22.7. The fourth-order valence-electron chi connectivity index (χ4n) is 9.42. The van der Waals surface area contributed by atoms with Crippen LogP contribution in [0.15, 0.2) is 11.1 Å². The van der Waals surface area contributed by atoms with Gasteiger partial charge in [-0.3, -0.25) is 4.79 Å². The molecule has 0 bridgehead atoms. The van der Waals surface area contributed by atoms with Crippen molar-refractivity contribution in [2.24, 2.45) is 39.4 Å². The molecule has 188 valence electrons. The zero-order valence-electron chi connectivity index (χ0n) is 22.7. The van der Waals surface area contributed by atoms with E-state index in [0.29, 0.717) is 35.4 Å². The Morgan fingerprint density at radius 3 is 2.24 bits per heavy atom. The van der Waals surface area contributed by atoms with E-state index in [4.69, 9.17) is 0 Å². The molecular formula is C30H50O3. The molecule has 0 aliphatic heterocycles. The molecule has 0 aromatic rings.